The smallest absolute Gasteiger partial charge is 0.253 e. The highest BCUT2D eigenvalue weighted by atomic mass is 16.3. The molecule has 3 rings (SSSR count). The summed E-state index contributed by atoms with van der Waals surface area (Å²) in [5.74, 6) is 0.699. The Kier molecular flexibility index (Phi) is 6.33. The van der Waals surface area contributed by atoms with E-state index in [0.717, 1.165) is 24.9 Å². The minimum atomic E-state index is -0.900. The summed E-state index contributed by atoms with van der Waals surface area (Å²) in [7, 11) is 3.45. The Morgan fingerprint density at radius 3 is 2.66 bits per heavy atom. The zero-order valence-corrected chi connectivity index (χ0v) is 17.1. The normalized spacial score (nSPS) is 15.2. The van der Waals surface area contributed by atoms with Crippen LogP contribution >= 0.6 is 0 Å². The molecule has 29 heavy (non-hydrogen) atoms. The number of unbranched alkanes of at least 4 members (excludes halogenated alkanes) is 1. The molecule has 0 saturated carbocycles. The molecule has 1 amide bonds. The van der Waals surface area contributed by atoms with Crippen LogP contribution in [0.5, 0.6) is 0 Å². The molecule has 0 aliphatic carbocycles. The van der Waals surface area contributed by atoms with Crippen LogP contribution in [-0.4, -0.2) is 51.4 Å². The Morgan fingerprint density at radius 2 is 2.00 bits per heavy atom. The van der Waals surface area contributed by atoms with Crippen LogP contribution in [0.15, 0.2) is 30.5 Å². The fourth-order valence-electron chi connectivity index (χ4n) is 3.18. The van der Waals surface area contributed by atoms with Crippen LogP contribution in [0, 0.1) is 0 Å². The summed E-state index contributed by atoms with van der Waals surface area (Å²) in [6.07, 6.45) is 4.77. The Morgan fingerprint density at radius 1 is 1.28 bits per heavy atom. The van der Waals surface area contributed by atoms with Gasteiger partial charge in [-0.15, -0.1) is 0 Å². The lowest BCUT2D eigenvalue weighted by atomic mass is 10.1. The van der Waals surface area contributed by atoms with Crippen molar-refractivity contribution in [2.24, 2.45) is 0 Å². The topological polar surface area (TPSA) is 108 Å². The van der Waals surface area contributed by atoms with Gasteiger partial charge in [0.2, 0.25) is 5.95 Å². The Hall–Kier alpha value is -3.13. The lowest BCUT2D eigenvalue weighted by molar-refractivity contribution is 0.0296. The number of aliphatic hydroxyl groups excluding tert-OH is 1. The number of nitrogen functional groups attached to an aromatic ring is 1. The van der Waals surface area contributed by atoms with E-state index >= 15 is 0 Å². The van der Waals surface area contributed by atoms with E-state index in [0.29, 0.717) is 29.2 Å². The third kappa shape index (κ3) is 4.65. The molecule has 1 aliphatic heterocycles. The van der Waals surface area contributed by atoms with Gasteiger partial charge in [-0.05, 0) is 30.2 Å². The lowest BCUT2D eigenvalue weighted by Gasteiger charge is -2.32. The van der Waals surface area contributed by atoms with Gasteiger partial charge in [-0.2, -0.15) is 4.98 Å². The summed E-state index contributed by atoms with van der Waals surface area (Å²) < 4.78 is 0. The molecule has 1 atom stereocenters. The van der Waals surface area contributed by atoms with Crippen molar-refractivity contribution in [3.05, 3.63) is 52.8 Å². The zero-order chi connectivity index (χ0) is 21.0. The Balaban J connectivity index is 1.79. The number of nitrogens with zero attached hydrogens (tertiary/aromatic N) is 4. The summed E-state index contributed by atoms with van der Waals surface area (Å²) in [6.45, 7) is 3.34. The van der Waals surface area contributed by atoms with Crippen molar-refractivity contribution in [1.82, 2.24) is 19.8 Å². The number of hydrogen-bond donors (Lipinski definition) is 3. The number of aliphatic hydroxyl groups is 1. The molecular weight excluding hydrogens is 368 g/mol. The van der Waals surface area contributed by atoms with Gasteiger partial charge < -0.3 is 26.0 Å². The highest BCUT2D eigenvalue weighted by molar-refractivity contribution is 5.93. The van der Waals surface area contributed by atoms with E-state index < -0.39 is 6.23 Å². The first-order valence-corrected chi connectivity index (χ1v) is 9.74. The summed E-state index contributed by atoms with van der Waals surface area (Å²) in [4.78, 5) is 23.9. The average Bonchev–Trinajstić information content (AvgIpc) is 2.70. The first kappa shape index (κ1) is 20.6. The predicted octanol–water partition coefficient (Wildman–Crippen LogP) is 2.45. The molecule has 0 spiro atoms. The Labute approximate surface area is 171 Å². The van der Waals surface area contributed by atoms with Crippen LogP contribution in [0.1, 0.15) is 53.2 Å². The monoisotopic (exact) mass is 396 g/mol. The fourth-order valence-corrected chi connectivity index (χ4v) is 3.18. The van der Waals surface area contributed by atoms with Crippen molar-refractivity contribution >= 4 is 23.7 Å². The molecule has 2 heterocycles. The molecule has 1 aromatic heterocycles. The maximum Gasteiger partial charge on any atom is 0.253 e. The molecule has 0 fully saturated rings. The number of nitrogens with one attached hydrogen (secondary N) is 1. The molecule has 1 aromatic carbocycles. The molecule has 8 nitrogen and oxygen atoms in total. The van der Waals surface area contributed by atoms with Crippen LogP contribution in [-0.2, 0) is 6.54 Å². The highest BCUT2D eigenvalue weighted by Gasteiger charge is 2.27. The standard InChI is InChI=1S/C21H28N6O2/c1-4-5-11-23-18-17-16(24-21(22)25-18)10-12-27(20(17)29)13-14-6-8-15(9-7-14)19(28)26(2)3/h6-10,12,20,29H,4-5,11,13H2,1-3H3,(H3,22,23,24,25). The number of nitrogens with two attached hydrogens (primary N) is 1. The van der Waals surface area contributed by atoms with Gasteiger partial charge in [0.1, 0.15) is 5.82 Å². The van der Waals surface area contributed by atoms with Crippen LogP contribution < -0.4 is 11.1 Å². The van der Waals surface area contributed by atoms with Gasteiger partial charge in [-0.3, -0.25) is 4.79 Å². The maximum atomic E-state index is 12.0. The molecule has 1 unspecified atom stereocenters. The van der Waals surface area contributed by atoms with E-state index in [4.69, 9.17) is 5.73 Å². The molecule has 0 bridgehead atoms. The second-order valence-electron chi connectivity index (χ2n) is 7.27. The summed E-state index contributed by atoms with van der Waals surface area (Å²) >= 11 is 0. The van der Waals surface area contributed by atoms with Gasteiger partial charge in [0, 0.05) is 38.9 Å². The van der Waals surface area contributed by atoms with E-state index in [1.54, 1.807) is 42.2 Å². The van der Waals surface area contributed by atoms with Crippen LogP contribution in [0.25, 0.3) is 6.08 Å². The first-order valence-electron chi connectivity index (χ1n) is 9.74. The van der Waals surface area contributed by atoms with Gasteiger partial charge in [0.15, 0.2) is 6.23 Å². The lowest BCUT2D eigenvalue weighted by Crippen LogP contribution is -2.28. The van der Waals surface area contributed by atoms with Gasteiger partial charge in [0.25, 0.3) is 5.91 Å². The SMILES string of the molecule is CCCCNc1nc(N)nc2c1C(O)N(Cc1ccc(C(=O)N(C)C)cc1)C=C2. The summed E-state index contributed by atoms with van der Waals surface area (Å²) in [6, 6.07) is 7.39. The summed E-state index contributed by atoms with van der Waals surface area (Å²) in [5.41, 5.74) is 8.67. The molecule has 4 N–H and O–H groups in total. The van der Waals surface area contributed by atoms with Crippen molar-refractivity contribution in [2.45, 2.75) is 32.5 Å². The van der Waals surface area contributed by atoms with E-state index in [-0.39, 0.29) is 11.9 Å². The van der Waals surface area contributed by atoms with Crippen molar-refractivity contribution < 1.29 is 9.90 Å². The number of aromatic nitrogens is 2. The molecule has 0 saturated heterocycles. The van der Waals surface area contributed by atoms with Gasteiger partial charge in [-0.25, -0.2) is 4.98 Å². The quantitative estimate of drug-likeness (QED) is 0.617. The molecule has 1 aliphatic rings. The fraction of sp³-hybridized carbons (Fsp3) is 0.381. The number of carbonyl (C=O) groups excluding carboxylic acids is 1. The van der Waals surface area contributed by atoms with Crippen molar-refractivity contribution in [2.75, 3.05) is 31.7 Å². The van der Waals surface area contributed by atoms with E-state index in [2.05, 4.69) is 22.2 Å². The van der Waals surface area contributed by atoms with Crippen molar-refractivity contribution in [3.8, 4) is 0 Å². The van der Waals surface area contributed by atoms with Crippen LogP contribution in [0.4, 0.5) is 11.8 Å². The van der Waals surface area contributed by atoms with Gasteiger partial charge in [0.05, 0.1) is 11.3 Å². The highest BCUT2D eigenvalue weighted by Crippen LogP contribution is 2.33. The minimum absolute atomic E-state index is 0.0408. The predicted molar refractivity (Wildman–Crippen MR) is 114 cm³/mol. The number of benzene rings is 1. The molecular formula is C21H28N6O2. The second-order valence-corrected chi connectivity index (χ2v) is 7.27. The minimum Gasteiger partial charge on any atom is -0.370 e. The van der Waals surface area contributed by atoms with E-state index in [9.17, 15) is 9.90 Å². The number of amides is 1. The van der Waals surface area contributed by atoms with E-state index in [1.165, 1.54) is 0 Å². The Bertz CT molecular complexity index is 895. The first-order chi connectivity index (χ1) is 13.9. The molecule has 154 valence electrons. The summed E-state index contributed by atoms with van der Waals surface area (Å²) in [5, 5.41) is 14.2. The van der Waals surface area contributed by atoms with Crippen molar-refractivity contribution in [3.63, 3.8) is 0 Å². The average molecular weight is 396 g/mol. The van der Waals surface area contributed by atoms with Crippen LogP contribution in [0.3, 0.4) is 0 Å². The maximum absolute atomic E-state index is 12.0. The largest absolute Gasteiger partial charge is 0.370 e. The third-order valence-corrected chi connectivity index (χ3v) is 4.78. The molecule has 2 aromatic rings. The van der Waals surface area contributed by atoms with Gasteiger partial charge in [-0.1, -0.05) is 25.5 Å². The second kappa shape index (κ2) is 8.91. The molecule has 0 radical (unpaired) electrons. The molecule has 8 heteroatoms. The van der Waals surface area contributed by atoms with Crippen molar-refractivity contribution in [1.29, 1.82) is 0 Å². The number of hydrogen-bond acceptors (Lipinski definition) is 7. The van der Waals surface area contributed by atoms with Gasteiger partial charge >= 0.3 is 0 Å². The number of anilines is 2. The van der Waals surface area contributed by atoms with E-state index in [1.807, 2.05) is 18.2 Å². The number of carbonyl (C=O) groups is 1. The third-order valence-electron chi connectivity index (χ3n) is 4.78. The number of rotatable bonds is 7. The number of fused-ring (bicyclic) bond motifs is 1. The zero-order valence-electron chi connectivity index (χ0n) is 17.1. The van der Waals surface area contributed by atoms with Crippen LogP contribution in [0.2, 0.25) is 0 Å².